The van der Waals surface area contributed by atoms with Crippen LogP contribution in [0.4, 0.5) is 0 Å². The molecule has 0 bridgehead atoms. The largest absolute Gasteiger partial charge is 0.497 e. The first-order chi connectivity index (χ1) is 8.11. The summed E-state index contributed by atoms with van der Waals surface area (Å²) in [5, 5.41) is 8.98. The van der Waals surface area contributed by atoms with E-state index in [2.05, 4.69) is 0 Å². The SMILES string of the molecule is COc1cccc(-c2cc(C(=O)O)n(C)c2)c1. The van der Waals surface area contributed by atoms with Crippen LogP contribution in [0.2, 0.25) is 0 Å². The summed E-state index contributed by atoms with van der Waals surface area (Å²) < 4.78 is 6.73. The zero-order valence-electron chi connectivity index (χ0n) is 9.68. The highest BCUT2D eigenvalue weighted by Gasteiger charge is 2.11. The lowest BCUT2D eigenvalue weighted by Gasteiger charge is -2.01. The van der Waals surface area contributed by atoms with Gasteiger partial charge in [0, 0.05) is 18.8 Å². The van der Waals surface area contributed by atoms with Crippen LogP contribution in [0, 0.1) is 0 Å². The lowest BCUT2D eigenvalue weighted by Crippen LogP contribution is -2.02. The fourth-order valence-electron chi connectivity index (χ4n) is 1.74. The second-order valence-corrected chi connectivity index (χ2v) is 3.76. The Balaban J connectivity index is 2.46. The number of carbonyl (C=O) groups is 1. The predicted molar refractivity (Wildman–Crippen MR) is 64.4 cm³/mol. The highest BCUT2D eigenvalue weighted by atomic mass is 16.5. The zero-order chi connectivity index (χ0) is 12.4. The highest BCUT2D eigenvalue weighted by Crippen LogP contribution is 2.25. The van der Waals surface area contributed by atoms with Gasteiger partial charge in [0.1, 0.15) is 11.4 Å². The molecule has 4 nitrogen and oxygen atoms in total. The van der Waals surface area contributed by atoms with E-state index in [1.165, 1.54) is 0 Å². The first kappa shape index (κ1) is 11.3. The molecular formula is C13H13NO3. The fraction of sp³-hybridized carbons (Fsp3) is 0.154. The Kier molecular flexibility index (Phi) is 2.87. The number of aromatic carboxylic acids is 1. The predicted octanol–water partition coefficient (Wildman–Crippen LogP) is 2.40. The van der Waals surface area contributed by atoms with E-state index in [0.717, 1.165) is 16.9 Å². The van der Waals surface area contributed by atoms with Crippen molar-refractivity contribution in [3.63, 3.8) is 0 Å². The molecule has 0 aliphatic rings. The maximum Gasteiger partial charge on any atom is 0.352 e. The van der Waals surface area contributed by atoms with Crippen molar-refractivity contribution in [3.05, 3.63) is 42.2 Å². The molecule has 1 N–H and O–H groups in total. The summed E-state index contributed by atoms with van der Waals surface area (Å²) in [6.45, 7) is 0. The fourth-order valence-corrected chi connectivity index (χ4v) is 1.74. The number of carboxylic acid groups (broad SMARTS) is 1. The quantitative estimate of drug-likeness (QED) is 0.882. The number of aryl methyl sites for hydroxylation is 1. The number of hydrogen-bond donors (Lipinski definition) is 1. The molecule has 0 saturated heterocycles. The molecule has 0 fully saturated rings. The third kappa shape index (κ3) is 2.15. The van der Waals surface area contributed by atoms with Crippen LogP contribution in [0.15, 0.2) is 36.5 Å². The number of aromatic nitrogens is 1. The number of hydrogen-bond acceptors (Lipinski definition) is 2. The van der Waals surface area contributed by atoms with Gasteiger partial charge in [0.2, 0.25) is 0 Å². The molecule has 0 spiro atoms. The van der Waals surface area contributed by atoms with Gasteiger partial charge in [0.05, 0.1) is 7.11 Å². The molecule has 1 heterocycles. The number of methoxy groups -OCH3 is 1. The summed E-state index contributed by atoms with van der Waals surface area (Å²) in [6.07, 6.45) is 1.79. The average Bonchev–Trinajstić information content (AvgIpc) is 2.71. The minimum absolute atomic E-state index is 0.266. The van der Waals surface area contributed by atoms with E-state index < -0.39 is 5.97 Å². The summed E-state index contributed by atoms with van der Waals surface area (Å²) in [7, 11) is 3.32. The van der Waals surface area contributed by atoms with Crippen molar-refractivity contribution in [2.75, 3.05) is 7.11 Å². The monoisotopic (exact) mass is 231 g/mol. The molecule has 17 heavy (non-hydrogen) atoms. The van der Waals surface area contributed by atoms with Crippen molar-refractivity contribution >= 4 is 5.97 Å². The summed E-state index contributed by atoms with van der Waals surface area (Å²) in [6, 6.07) is 9.17. The van der Waals surface area contributed by atoms with Gasteiger partial charge in [-0.3, -0.25) is 0 Å². The molecule has 1 aromatic heterocycles. The van der Waals surface area contributed by atoms with Crippen molar-refractivity contribution < 1.29 is 14.6 Å². The van der Waals surface area contributed by atoms with Gasteiger partial charge in [0.25, 0.3) is 0 Å². The number of nitrogens with zero attached hydrogens (tertiary/aromatic N) is 1. The highest BCUT2D eigenvalue weighted by molar-refractivity contribution is 5.88. The molecule has 1 aromatic carbocycles. The van der Waals surface area contributed by atoms with Gasteiger partial charge >= 0.3 is 5.97 Å². The minimum Gasteiger partial charge on any atom is -0.497 e. The van der Waals surface area contributed by atoms with Crippen LogP contribution in [-0.4, -0.2) is 22.8 Å². The first-order valence-corrected chi connectivity index (χ1v) is 5.16. The summed E-state index contributed by atoms with van der Waals surface area (Å²) in [5.41, 5.74) is 2.07. The second-order valence-electron chi connectivity index (χ2n) is 3.76. The van der Waals surface area contributed by atoms with Crippen LogP contribution in [0.3, 0.4) is 0 Å². The van der Waals surface area contributed by atoms with Gasteiger partial charge in [-0.15, -0.1) is 0 Å². The standard InChI is InChI=1S/C13H13NO3/c1-14-8-10(7-12(14)13(15)16)9-4-3-5-11(6-9)17-2/h3-8H,1-2H3,(H,15,16). The molecule has 4 heteroatoms. The molecule has 0 saturated carbocycles. The Morgan fingerprint density at radius 1 is 1.29 bits per heavy atom. The van der Waals surface area contributed by atoms with Gasteiger partial charge in [-0.25, -0.2) is 4.79 Å². The van der Waals surface area contributed by atoms with Gasteiger partial charge in [-0.1, -0.05) is 12.1 Å². The number of carboxylic acids is 1. The van der Waals surface area contributed by atoms with Gasteiger partial charge in [0.15, 0.2) is 0 Å². The van der Waals surface area contributed by atoms with Gasteiger partial charge in [-0.2, -0.15) is 0 Å². The van der Waals surface area contributed by atoms with Crippen LogP contribution in [0.1, 0.15) is 10.5 Å². The molecular weight excluding hydrogens is 218 g/mol. The van der Waals surface area contributed by atoms with E-state index in [1.54, 1.807) is 31.0 Å². The Hall–Kier alpha value is -2.23. The molecule has 0 atom stereocenters. The van der Waals surface area contributed by atoms with Crippen molar-refractivity contribution in [2.24, 2.45) is 7.05 Å². The number of rotatable bonds is 3. The summed E-state index contributed by atoms with van der Waals surface area (Å²) in [4.78, 5) is 10.9. The maximum absolute atomic E-state index is 10.9. The number of benzene rings is 1. The Morgan fingerprint density at radius 2 is 2.06 bits per heavy atom. The summed E-state index contributed by atoms with van der Waals surface area (Å²) in [5.74, 6) is -0.176. The van der Waals surface area contributed by atoms with Crippen LogP contribution < -0.4 is 4.74 Å². The van der Waals surface area contributed by atoms with E-state index in [-0.39, 0.29) is 5.69 Å². The van der Waals surface area contributed by atoms with Crippen molar-refractivity contribution in [3.8, 4) is 16.9 Å². The van der Waals surface area contributed by atoms with E-state index >= 15 is 0 Å². The lowest BCUT2D eigenvalue weighted by molar-refractivity contribution is 0.0686. The van der Waals surface area contributed by atoms with E-state index in [9.17, 15) is 4.79 Å². The molecule has 0 radical (unpaired) electrons. The van der Waals surface area contributed by atoms with Crippen molar-refractivity contribution in [1.82, 2.24) is 4.57 Å². The molecule has 0 unspecified atom stereocenters. The zero-order valence-corrected chi connectivity index (χ0v) is 9.68. The van der Waals surface area contributed by atoms with Crippen LogP contribution >= 0.6 is 0 Å². The third-order valence-corrected chi connectivity index (χ3v) is 2.63. The Labute approximate surface area is 99.1 Å². The molecule has 2 rings (SSSR count). The maximum atomic E-state index is 10.9. The van der Waals surface area contributed by atoms with Gasteiger partial charge < -0.3 is 14.4 Å². The van der Waals surface area contributed by atoms with Crippen LogP contribution in [0.5, 0.6) is 5.75 Å². The normalized spacial score (nSPS) is 10.2. The van der Waals surface area contributed by atoms with Crippen molar-refractivity contribution in [1.29, 1.82) is 0 Å². The van der Waals surface area contributed by atoms with Gasteiger partial charge in [-0.05, 0) is 23.8 Å². The first-order valence-electron chi connectivity index (χ1n) is 5.16. The topological polar surface area (TPSA) is 51.5 Å². The minimum atomic E-state index is -0.929. The van der Waals surface area contributed by atoms with Crippen LogP contribution in [0.25, 0.3) is 11.1 Å². The molecule has 88 valence electrons. The average molecular weight is 231 g/mol. The third-order valence-electron chi connectivity index (χ3n) is 2.63. The molecule has 2 aromatic rings. The van der Waals surface area contributed by atoms with E-state index in [4.69, 9.17) is 9.84 Å². The van der Waals surface area contributed by atoms with Crippen LogP contribution in [-0.2, 0) is 7.05 Å². The van der Waals surface area contributed by atoms with Crippen molar-refractivity contribution in [2.45, 2.75) is 0 Å². The second kappa shape index (κ2) is 4.33. The lowest BCUT2D eigenvalue weighted by atomic mass is 10.1. The van der Waals surface area contributed by atoms with E-state index in [0.29, 0.717) is 0 Å². The number of ether oxygens (including phenoxy) is 1. The molecule has 0 aliphatic carbocycles. The Bertz CT molecular complexity index is 558. The molecule has 0 aliphatic heterocycles. The van der Waals surface area contributed by atoms with E-state index in [1.807, 2.05) is 24.3 Å². The summed E-state index contributed by atoms with van der Waals surface area (Å²) >= 11 is 0. The Morgan fingerprint density at radius 3 is 2.65 bits per heavy atom. The molecule has 0 amide bonds. The smallest absolute Gasteiger partial charge is 0.352 e.